The molecule has 0 spiro atoms. The highest BCUT2D eigenvalue weighted by atomic mass is 19.1. The zero-order valence-corrected chi connectivity index (χ0v) is 10.7. The molecule has 19 heavy (non-hydrogen) atoms. The maximum Gasteiger partial charge on any atom is 0.338 e. The number of carboxylic acids is 1. The minimum Gasteiger partial charge on any atom is -0.478 e. The Labute approximate surface area is 110 Å². The molecule has 0 heterocycles. The normalized spacial score (nSPS) is 10.1. The van der Waals surface area contributed by atoms with Crippen LogP contribution in [0.5, 0.6) is 0 Å². The van der Waals surface area contributed by atoms with Crippen molar-refractivity contribution in [2.75, 3.05) is 31.7 Å². The van der Waals surface area contributed by atoms with Crippen molar-refractivity contribution in [2.45, 2.75) is 6.42 Å². The first kappa shape index (κ1) is 14.7. The van der Waals surface area contributed by atoms with E-state index < -0.39 is 17.3 Å². The first-order valence-corrected chi connectivity index (χ1v) is 5.59. The van der Waals surface area contributed by atoms with Gasteiger partial charge in [-0.25, -0.2) is 9.18 Å². The van der Waals surface area contributed by atoms with Crippen molar-refractivity contribution in [3.05, 3.63) is 23.5 Å². The fourth-order valence-corrected chi connectivity index (χ4v) is 1.43. The van der Waals surface area contributed by atoms with Crippen LogP contribution < -0.4 is 11.1 Å². The molecule has 1 rings (SSSR count). The van der Waals surface area contributed by atoms with Gasteiger partial charge in [0.2, 0.25) is 5.91 Å². The summed E-state index contributed by atoms with van der Waals surface area (Å²) in [6.07, 6.45) is 0.231. The Morgan fingerprint density at radius 3 is 2.58 bits per heavy atom. The van der Waals surface area contributed by atoms with E-state index in [-0.39, 0.29) is 30.2 Å². The number of nitrogens with one attached hydrogen (secondary N) is 1. The lowest BCUT2D eigenvalue weighted by Gasteiger charge is -2.13. The van der Waals surface area contributed by atoms with Crippen molar-refractivity contribution in [1.82, 2.24) is 4.90 Å². The number of benzene rings is 1. The molecule has 0 saturated carbocycles. The molecule has 4 N–H and O–H groups in total. The van der Waals surface area contributed by atoms with E-state index in [1.54, 1.807) is 14.1 Å². The summed E-state index contributed by atoms with van der Waals surface area (Å²) in [4.78, 5) is 23.5. The van der Waals surface area contributed by atoms with Gasteiger partial charge in [-0.3, -0.25) is 4.79 Å². The van der Waals surface area contributed by atoms with Crippen LogP contribution in [0.2, 0.25) is 0 Å². The van der Waals surface area contributed by atoms with Gasteiger partial charge >= 0.3 is 5.97 Å². The van der Waals surface area contributed by atoms with E-state index in [4.69, 9.17) is 10.8 Å². The van der Waals surface area contributed by atoms with E-state index in [1.165, 1.54) is 4.90 Å². The second-order valence-corrected chi connectivity index (χ2v) is 4.19. The Hall–Kier alpha value is -2.31. The SMILES string of the molecule is CN(C)C(=O)CCNc1cc(F)c(C(=O)O)cc1N. The molecule has 0 aliphatic rings. The highest BCUT2D eigenvalue weighted by Gasteiger charge is 2.13. The van der Waals surface area contributed by atoms with Crippen LogP contribution in [0.3, 0.4) is 0 Å². The molecule has 0 bridgehead atoms. The van der Waals surface area contributed by atoms with Crippen molar-refractivity contribution < 1.29 is 19.1 Å². The van der Waals surface area contributed by atoms with E-state index in [0.717, 1.165) is 12.1 Å². The zero-order chi connectivity index (χ0) is 14.6. The van der Waals surface area contributed by atoms with Crippen LogP contribution in [0.1, 0.15) is 16.8 Å². The number of nitrogen functional groups attached to an aromatic ring is 1. The summed E-state index contributed by atoms with van der Waals surface area (Å²) < 4.78 is 13.4. The molecule has 7 heteroatoms. The van der Waals surface area contributed by atoms with Crippen molar-refractivity contribution >= 4 is 23.3 Å². The van der Waals surface area contributed by atoms with Gasteiger partial charge in [-0.05, 0) is 12.1 Å². The van der Waals surface area contributed by atoms with Gasteiger partial charge in [-0.2, -0.15) is 0 Å². The van der Waals surface area contributed by atoms with Crippen LogP contribution in [0.25, 0.3) is 0 Å². The Bertz CT molecular complexity index is 503. The van der Waals surface area contributed by atoms with E-state index in [9.17, 15) is 14.0 Å². The number of carboxylic acid groups (broad SMARTS) is 1. The molecular weight excluding hydrogens is 253 g/mol. The van der Waals surface area contributed by atoms with Crippen molar-refractivity contribution in [2.24, 2.45) is 0 Å². The number of halogens is 1. The quantitative estimate of drug-likeness (QED) is 0.693. The van der Waals surface area contributed by atoms with Crippen LogP contribution in [0.4, 0.5) is 15.8 Å². The third-order valence-electron chi connectivity index (χ3n) is 2.52. The molecule has 0 atom stereocenters. The van der Waals surface area contributed by atoms with E-state index in [2.05, 4.69) is 5.32 Å². The molecule has 1 amide bonds. The van der Waals surface area contributed by atoms with Gasteiger partial charge in [0.1, 0.15) is 5.82 Å². The lowest BCUT2D eigenvalue weighted by molar-refractivity contribution is -0.128. The topological polar surface area (TPSA) is 95.7 Å². The van der Waals surface area contributed by atoms with Crippen molar-refractivity contribution in [1.29, 1.82) is 0 Å². The summed E-state index contributed by atoms with van der Waals surface area (Å²) in [5.74, 6) is -2.32. The standard InChI is InChI=1S/C12H16FN3O3/c1-16(2)11(17)3-4-15-10-6-8(13)7(12(18)19)5-9(10)14/h5-6,15H,3-4,14H2,1-2H3,(H,18,19). The van der Waals surface area contributed by atoms with Crippen LogP contribution in [-0.4, -0.2) is 42.5 Å². The minimum absolute atomic E-state index is 0.0753. The number of carbonyl (C=O) groups is 2. The van der Waals surface area contributed by atoms with Gasteiger partial charge in [0.05, 0.1) is 16.9 Å². The number of anilines is 2. The predicted molar refractivity (Wildman–Crippen MR) is 69.6 cm³/mol. The Morgan fingerprint density at radius 2 is 2.05 bits per heavy atom. The maximum atomic E-state index is 13.4. The average Bonchev–Trinajstić information content (AvgIpc) is 2.32. The Kier molecular flexibility index (Phi) is 4.68. The average molecular weight is 269 g/mol. The molecule has 0 radical (unpaired) electrons. The second kappa shape index (κ2) is 6.03. The van der Waals surface area contributed by atoms with E-state index in [0.29, 0.717) is 0 Å². The lowest BCUT2D eigenvalue weighted by atomic mass is 10.1. The summed E-state index contributed by atoms with van der Waals surface area (Å²) in [6.45, 7) is 0.285. The number of rotatable bonds is 5. The van der Waals surface area contributed by atoms with Crippen LogP contribution in [0.15, 0.2) is 12.1 Å². The summed E-state index contributed by atoms with van der Waals surface area (Å²) in [7, 11) is 3.27. The van der Waals surface area contributed by atoms with Gasteiger partial charge < -0.3 is 21.1 Å². The maximum absolute atomic E-state index is 13.4. The molecule has 1 aromatic carbocycles. The highest BCUT2D eigenvalue weighted by molar-refractivity contribution is 5.90. The number of amides is 1. The van der Waals surface area contributed by atoms with Gasteiger partial charge in [0, 0.05) is 27.1 Å². The second-order valence-electron chi connectivity index (χ2n) is 4.19. The predicted octanol–water partition coefficient (Wildman–Crippen LogP) is 0.996. The molecule has 0 aliphatic carbocycles. The first-order valence-electron chi connectivity index (χ1n) is 5.59. The van der Waals surface area contributed by atoms with Crippen molar-refractivity contribution in [3.8, 4) is 0 Å². The molecule has 104 valence electrons. The molecule has 0 fully saturated rings. The monoisotopic (exact) mass is 269 g/mol. The third-order valence-corrected chi connectivity index (χ3v) is 2.52. The molecule has 0 saturated heterocycles. The fraction of sp³-hybridized carbons (Fsp3) is 0.333. The summed E-state index contributed by atoms with van der Waals surface area (Å²) >= 11 is 0. The number of hydrogen-bond acceptors (Lipinski definition) is 4. The van der Waals surface area contributed by atoms with Gasteiger partial charge in [-0.1, -0.05) is 0 Å². The Morgan fingerprint density at radius 1 is 1.42 bits per heavy atom. The van der Waals surface area contributed by atoms with Gasteiger partial charge in [0.25, 0.3) is 0 Å². The zero-order valence-electron chi connectivity index (χ0n) is 10.7. The van der Waals surface area contributed by atoms with E-state index in [1.807, 2.05) is 0 Å². The van der Waals surface area contributed by atoms with Crippen LogP contribution >= 0.6 is 0 Å². The molecule has 1 aromatic rings. The fourth-order valence-electron chi connectivity index (χ4n) is 1.43. The van der Waals surface area contributed by atoms with E-state index >= 15 is 0 Å². The van der Waals surface area contributed by atoms with Gasteiger partial charge in [-0.15, -0.1) is 0 Å². The summed E-state index contributed by atoms with van der Waals surface area (Å²) in [5.41, 5.74) is 5.53. The number of carbonyl (C=O) groups excluding carboxylic acids is 1. The minimum atomic E-state index is -1.38. The van der Waals surface area contributed by atoms with Crippen molar-refractivity contribution in [3.63, 3.8) is 0 Å². The first-order chi connectivity index (χ1) is 8.82. The summed E-state index contributed by atoms with van der Waals surface area (Å²) in [6, 6.07) is 2.06. The summed E-state index contributed by atoms with van der Waals surface area (Å²) in [5, 5.41) is 11.5. The Balaban J connectivity index is 2.72. The number of hydrogen-bond donors (Lipinski definition) is 3. The third kappa shape index (κ3) is 3.84. The lowest BCUT2D eigenvalue weighted by Crippen LogP contribution is -2.24. The number of nitrogens with two attached hydrogens (primary N) is 1. The number of aromatic carboxylic acids is 1. The largest absolute Gasteiger partial charge is 0.478 e. The smallest absolute Gasteiger partial charge is 0.338 e. The highest BCUT2D eigenvalue weighted by Crippen LogP contribution is 2.23. The van der Waals surface area contributed by atoms with Crippen LogP contribution in [-0.2, 0) is 4.79 Å². The molecule has 0 aliphatic heterocycles. The number of nitrogens with zero attached hydrogens (tertiary/aromatic N) is 1. The van der Waals surface area contributed by atoms with Gasteiger partial charge in [0.15, 0.2) is 0 Å². The molecular formula is C12H16FN3O3. The molecule has 0 aromatic heterocycles. The van der Waals surface area contributed by atoms with Crippen LogP contribution in [0, 0.1) is 5.82 Å². The molecule has 6 nitrogen and oxygen atoms in total. The molecule has 0 unspecified atom stereocenters.